The van der Waals surface area contributed by atoms with Crippen LogP contribution < -0.4 is 0 Å². The van der Waals surface area contributed by atoms with Crippen molar-refractivity contribution in [3.63, 3.8) is 0 Å². The Kier molecular flexibility index (Phi) is 4.62. The molecule has 25 heavy (non-hydrogen) atoms. The van der Waals surface area contributed by atoms with Gasteiger partial charge in [0.2, 0.25) is 11.8 Å². The van der Waals surface area contributed by atoms with E-state index in [0.717, 1.165) is 11.5 Å². The van der Waals surface area contributed by atoms with E-state index >= 15 is 0 Å². The quantitative estimate of drug-likeness (QED) is 0.497. The summed E-state index contributed by atoms with van der Waals surface area (Å²) in [7, 11) is 1.94. The van der Waals surface area contributed by atoms with E-state index in [1.165, 1.54) is 12.1 Å². The molecular formula is C17H18N4O4. The van der Waals surface area contributed by atoms with E-state index in [2.05, 4.69) is 10.2 Å². The number of nitrogens with zero attached hydrogens (tertiary/aromatic N) is 4. The van der Waals surface area contributed by atoms with Crippen LogP contribution in [0.1, 0.15) is 30.4 Å². The van der Waals surface area contributed by atoms with Crippen LogP contribution >= 0.6 is 0 Å². The molecular weight excluding hydrogens is 324 g/mol. The molecule has 0 fully saturated rings. The zero-order chi connectivity index (χ0) is 18.0. The van der Waals surface area contributed by atoms with E-state index in [-0.39, 0.29) is 11.7 Å². The number of hydrogen-bond acceptors (Lipinski definition) is 7. The summed E-state index contributed by atoms with van der Waals surface area (Å²) >= 11 is 0. The fourth-order valence-corrected chi connectivity index (χ4v) is 2.39. The lowest BCUT2D eigenvalue weighted by atomic mass is 10.2. The Balaban J connectivity index is 1.72. The molecule has 3 aromatic rings. The number of nitro groups is 1. The maximum absolute atomic E-state index is 10.7. The lowest BCUT2D eigenvalue weighted by molar-refractivity contribution is -0.384. The van der Waals surface area contributed by atoms with Crippen LogP contribution in [-0.2, 0) is 6.54 Å². The average molecular weight is 342 g/mol. The van der Waals surface area contributed by atoms with Crippen molar-refractivity contribution in [3.8, 4) is 11.5 Å². The summed E-state index contributed by atoms with van der Waals surface area (Å²) in [6.45, 7) is 4.48. The number of rotatable bonds is 6. The van der Waals surface area contributed by atoms with Gasteiger partial charge < -0.3 is 8.83 Å². The summed E-state index contributed by atoms with van der Waals surface area (Å²) in [6.07, 6.45) is 0. The Hall–Kier alpha value is -3.00. The Morgan fingerprint density at radius 3 is 2.48 bits per heavy atom. The first-order valence-electron chi connectivity index (χ1n) is 7.78. The van der Waals surface area contributed by atoms with Gasteiger partial charge in [0.25, 0.3) is 5.69 Å². The van der Waals surface area contributed by atoms with Crippen LogP contribution in [0, 0.1) is 17.0 Å². The SMILES string of the molecule is Cc1ccc(CN(C)[C@@H](C)c2nnc(-c3ccc([N+](=O)[O-])cc3)o2)o1. The number of aromatic nitrogens is 2. The lowest BCUT2D eigenvalue weighted by Gasteiger charge is -2.20. The molecule has 0 N–H and O–H groups in total. The standard InChI is InChI=1S/C17H18N4O4/c1-11-4-9-15(24-11)10-20(3)12(2)16-18-19-17(25-16)13-5-7-14(8-6-13)21(22)23/h4-9,12H,10H2,1-3H3/t12-/m0/s1. The van der Waals surface area contributed by atoms with E-state index in [4.69, 9.17) is 8.83 Å². The highest BCUT2D eigenvalue weighted by Gasteiger charge is 2.20. The molecule has 8 nitrogen and oxygen atoms in total. The molecule has 0 aliphatic rings. The van der Waals surface area contributed by atoms with Crippen LogP contribution in [0.4, 0.5) is 5.69 Å². The third kappa shape index (κ3) is 3.74. The first-order valence-corrected chi connectivity index (χ1v) is 7.78. The predicted octanol–water partition coefficient (Wildman–Crippen LogP) is 3.74. The van der Waals surface area contributed by atoms with Crippen molar-refractivity contribution in [2.75, 3.05) is 7.05 Å². The van der Waals surface area contributed by atoms with E-state index in [1.807, 2.05) is 37.9 Å². The second-order valence-corrected chi connectivity index (χ2v) is 5.85. The maximum Gasteiger partial charge on any atom is 0.269 e. The van der Waals surface area contributed by atoms with Gasteiger partial charge in [-0.25, -0.2) is 0 Å². The molecule has 1 aromatic carbocycles. The molecule has 0 amide bonds. The molecule has 0 radical (unpaired) electrons. The van der Waals surface area contributed by atoms with Gasteiger partial charge in [-0.15, -0.1) is 10.2 Å². The molecule has 8 heteroatoms. The van der Waals surface area contributed by atoms with E-state index in [9.17, 15) is 10.1 Å². The van der Waals surface area contributed by atoms with Crippen LogP contribution in [0.25, 0.3) is 11.5 Å². The molecule has 2 aromatic heterocycles. The van der Waals surface area contributed by atoms with Gasteiger partial charge in [0, 0.05) is 17.7 Å². The smallest absolute Gasteiger partial charge is 0.269 e. The predicted molar refractivity (Wildman–Crippen MR) is 89.7 cm³/mol. The van der Waals surface area contributed by atoms with Gasteiger partial charge in [-0.3, -0.25) is 15.0 Å². The molecule has 0 spiro atoms. The maximum atomic E-state index is 10.7. The largest absolute Gasteiger partial charge is 0.465 e. The Morgan fingerprint density at radius 2 is 1.88 bits per heavy atom. The number of furan rings is 1. The number of nitro benzene ring substituents is 1. The highest BCUT2D eigenvalue weighted by Crippen LogP contribution is 2.25. The van der Waals surface area contributed by atoms with Crippen molar-refractivity contribution in [1.82, 2.24) is 15.1 Å². The van der Waals surface area contributed by atoms with Gasteiger partial charge in [-0.05, 0) is 45.2 Å². The summed E-state index contributed by atoms with van der Waals surface area (Å²) in [4.78, 5) is 12.3. The zero-order valence-electron chi connectivity index (χ0n) is 14.2. The summed E-state index contributed by atoms with van der Waals surface area (Å²) in [6, 6.07) is 9.76. The van der Waals surface area contributed by atoms with Gasteiger partial charge >= 0.3 is 0 Å². The van der Waals surface area contributed by atoms with Crippen molar-refractivity contribution in [2.45, 2.75) is 26.4 Å². The minimum atomic E-state index is -0.448. The van der Waals surface area contributed by atoms with Crippen molar-refractivity contribution < 1.29 is 13.8 Å². The van der Waals surface area contributed by atoms with Crippen LogP contribution in [0.5, 0.6) is 0 Å². The number of aryl methyl sites for hydroxylation is 1. The third-order valence-corrected chi connectivity index (χ3v) is 3.99. The van der Waals surface area contributed by atoms with Gasteiger partial charge in [0.1, 0.15) is 11.5 Å². The molecule has 3 rings (SSSR count). The van der Waals surface area contributed by atoms with Crippen LogP contribution in [0.2, 0.25) is 0 Å². The molecule has 2 heterocycles. The fraction of sp³-hybridized carbons (Fsp3) is 0.294. The van der Waals surface area contributed by atoms with Gasteiger partial charge in [0.15, 0.2) is 0 Å². The third-order valence-electron chi connectivity index (χ3n) is 3.99. The molecule has 0 aliphatic carbocycles. The summed E-state index contributed by atoms with van der Waals surface area (Å²) in [5.74, 6) is 2.54. The van der Waals surface area contributed by atoms with E-state index in [1.54, 1.807) is 12.1 Å². The minimum absolute atomic E-state index is 0.0188. The second-order valence-electron chi connectivity index (χ2n) is 5.85. The lowest BCUT2D eigenvalue weighted by Crippen LogP contribution is -2.21. The van der Waals surface area contributed by atoms with Gasteiger partial charge in [-0.1, -0.05) is 0 Å². The Morgan fingerprint density at radius 1 is 1.16 bits per heavy atom. The number of hydrogen-bond donors (Lipinski definition) is 0. The Bertz CT molecular complexity index is 869. The molecule has 0 aliphatic heterocycles. The Labute approximate surface area is 144 Å². The first-order chi connectivity index (χ1) is 11.9. The highest BCUT2D eigenvalue weighted by molar-refractivity contribution is 5.55. The molecule has 0 saturated carbocycles. The number of benzene rings is 1. The van der Waals surface area contributed by atoms with Crippen LogP contribution in [0.3, 0.4) is 0 Å². The zero-order valence-corrected chi connectivity index (χ0v) is 14.2. The highest BCUT2D eigenvalue weighted by atomic mass is 16.6. The summed E-state index contributed by atoms with van der Waals surface area (Å²) in [5, 5.41) is 18.8. The fourth-order valence-electron chi connectivity index (χ4n) is 2.39. The second kappa shape index (κ2) is 6.86. The molecule has 0 saturated heterocycles. The first kappa shape index (κ1) is 16.8. The van der Waals surface area contributed by atoms with Crippen molar-refractivity contribution in [3.05, 3.63) is 63.9 Å². The molecule has 1 atom stereocenters. The van der Waals surface area contributed by atoms with Gasteiger partial charge in [0.05, 0.1) is 17.5 Å². The van der Waals surface area contributed by atoms with Crippen molar-refractivity contribution in [1.29, 1.82) is 0 Å². The molecule has 0 unspecified atom stereocenters. The van der Waals surface area contributed by atoms with Crippen molar-refractivity contribution in [2.24, 2.45) is 0 Å². The van der Waals surface area contributed by atoms with Crippen LogP contribution in [-0.4, -0.2) is 27.1 Å². The normalized spacial score (nSPS) is 12.5. The minimum Gasteiger partial charge on any atom is -0.465 e. The van der Waals surface area contributed by atoms with E-state index in [0.29, 0.717) is 23.9 Å². The van der Waals surface area contributed by atoms with E-state index < -0.39 is 4.92 Å². The topological polar surface area (TPSA) is 98.4 Å². The average Bonchev–Trinajstić information content (AvgIpc) is 3.23. The summed E-state index contributed by atoms with van der Waals surface area (Å²) < 4.78 is 11.3. The van der Waals surface area contributed by atoms with Crippen molar-refractivity contribution >= 4 is 5.69 Å². The molecule has 130 valence electrons. The number of non-ortho nitro benzene ring substituents is 1. The summed E-state index contributed by atoms with van der Waals surface area (Å²) in [5.41, 5.74) is 0.659. The monoisotopic (exact) mass is 342 g/mol. The van der Waals surface area contributed by atoms with Crippen LogP contribution in [0.15, 0.2) is 45.2 Å². The molecule has 0 bridgehead atoms. The van der Waals surface area contributed by atoms with Gasteiger partial charge in [-0.2, -0.15) is 0 Å².